The Balaban J connectivity index is 1.89. The van der Waals surface area contributed by atoms with Gasteiger partial charge in [0, 0.05) is 11.6 Å². The van der Waals surface area contributed by atoms with Crippen molar-refractivity contribution in [2.45, 2.75) is 18.4 Å². The Morgan fingerprint density at radius 1 is 1.21 bits per heavy atom. The molecule has 150 valence electrons. The zero-order valence-electron chi connectivity index (χ0n) is 15.1. The molecule has 0 spiro atoms. The first-order chi connectivity index (χ1) is 13.8. The highest BCUT2D eigenvalue weighted by atomic mass is 79.9. The molecule has 1 heterocycles. The van der Waals surface area contributed by atoms with E-state index in [2.05, 4.69) is 30.6 Å². The average molecular weight is 479 g/mol. The van der Waals surface area contributed by atoms with Crippen LogP contribution in [0, 0.1) is 17.0 Å². The third kappa shape index (κ3) is 5.06. The van der Waals surface area contributed by atoms with E-state index in [-0.39, 0.29) is 28.9 Å². The number of hydrogen-bond acceptors (Lipinski definition) is 7. The lowest BCUT2D eigenvalue weighted by atomic mass is 10.2. The Kier molecular flexibility index (Phi) is 6.09. The maximum Gasteiger partial charge on any atom is 0.273 e. The number of nitro groups is 1. The molecule has 11 heteroatoms. The van der Waals surface area contributed by atoms with Crippen LogP contribution in [0.25, 0.3) is 0 Å². The van der Waals surface area contributed by atoms with Crippen molar-refractivity contribution in [2.75, 3.05) is 4.72 Å². The molecule has 0 saturated heterocycles. The van der Waals surface area contributed by atoms with E-state index in [1.54, 1.807) is 0 Å². The molecule has 3 rings (SSSR count). The predicted octanol–water partition coefficient (Wildman–Crippen LogP) is 3.84. The molecule has 9 nitrogen and oxygen atoms in total. The van der Waals surface area contributed by atoms with E-state index in [0.29, 0.717) is 10.2 Å². The Hall–Kier alpha value is -3.05. The van der Waals surface area contributed by atoms with Gasteiger partial charge < -0.3 is 4.74 Å². The fourth-order valence-electron chi connectivity index (χ4n) is 2.39. The number of halogens is 1. The van der Waals surface area contributed by atoms with Crippen LogP contribution < -0.4 is 9.46 Å². The van der Waals surface area contributed by atoms with Gasteiger partial charge in [-0.2, -0.15) is 0 Å². The van der Waals surface area contributed by atoms with Gasteiger partial charge in [-0.15, -0.1) is 0 Å². The van der Waals surface area contributed by atoms with Gasteiger partial charge in [-0.3, -0.25) is 14.8 Å². The van der Waals surface area contributed by atoms with E-state index in [1.165, 1.54) is 25.3 Å². The summed E-state index contributed by atoms with van der Waals surface area (Å²) in [6.07, 6.45) is 1.31. The Labute approximate surface area is 175 Å². The molecule has 0 radical (unpaired) electrons. The fourth-order valence-corrected chi connectivity index (χ4v) is 3.68. The number of aromatic nitrogens is 2. The minimum Gasteiger partial charge on any atom is -0.470 e. The lowest BCUT2D eigenvalue weighted by molar-refractivity contribution is -0.385. The van der Waals surface area contributed by atoms with Crippen LogP contribution in [0.4, 0.5) is 11.5 Å². The summed E-state index contributed by atoms with van der Waals surface area (Å²) >= 11 is 3.17. The molecule has 0 saturated carbocycles. The van der Waals surface area contributed by atoms with E-state index in [0.717, 1.165) is 11.6 Å². The first-order valence-electron chi connectivity index (χ1n) is 8.23. The maximum absolute atomic E-state index is 12.7. The number of sulfonamides is 1. The summed E-state index contributed by atoms with van der Waals surface area (Å²) in [5.41, 5.74) is 0.914. The van der Waals surface area contributed by atoms with Gasteiger partial charge in [0.2, 0.25) is 5.82 Å². The zero-order chi connectivity index (χ0) is 21.0. The number of ether oxygens (including phenoxy) is 1. The van der Waals surface area contributed by atoms with Crippen molar-refractivity contribution in [1.29, 1.82) is 0 Å². The van der Waals surface area contributed by atoms with Gasteiger partial charge in [-0.25, -0.2) is 18.4 Å². The molecule has 1 N–H and O–H groups in total. The van der Waals surface area contributed by atoms with Gasteiger partial charge >= 0.3 is 0 Å². The fraction of sp³-hybridized carbons (Fsp3) is 0.111. The first-order valence-corrected chi connectivity index (χ1v) is 10.5. The van der Waals surface area contributed by atoms with Crippen LogP contribution in [0.15, 0.2) is 64.2 Å². The van der Waals surface area contributed by atoms with Crippen molar-refractivity contribution >= 4 is 37.5 Å². The molecule has 0 fully saturated rings. The molecule has 0 aliphatic heterocycles. The van der Waals surface area contributed by atoms with Crippen LogP contribution >= 0.6 is 15.9 Å². The molecular weight excluding hydrogens is 464 g/mol. The quantitative estimate of drug-likeness (QED) is 0.403. The summed E-state index contributed by atoms with van der Waals surface area (Å²) in [6, 6.07) is 12.9. The molecule has 0 aliphatic carbocycles. The molecule has 0 aliphatic rings. The maximum atomic E-state index is 12.7. The van der Waals surface area contributed by atoms with E-state index in [4.69, 9.17) is 4.74 Å². The number of benzene rings is 2. The zero-order valence-corrected chi connectivity index (χ0v) is 17.5. The number of hydrogen-bond donors (Lipinski definition) is 1. The van der Waals surface area contributed by atoms with Crippen LogP contribution in [-0.4, -0.2) is 23.3 Å². The summed E-state index contributed by atoms with van der Waals surface area (Å²) in [5.74, 6) is -0.166. The van der Waals surface area contributed by atoms with Crippen molar-refractivity contribution < 1.29 is 18.1 Å². The summed E-state index contributed by atoms with van der Waals surface area (Å²) in [7, 11) is -4.16. The minimum absolute atomic E-state index is 0.0339. The summed E-state index contributed by atoms with van der Waals surface area (Å²) in [4.78, 5) is 18.3. The molecule has 0 amide bonds. The largest absolute Gasteiger partial charge is 0.470 e. The topological polar surface area (TPSA) is 124 Å². The van der Waals surface area contributed by atoms with Crippen LogP contribution in [0.5, 0.6) is 5.88 Å². The van der Waals surface area contributed by atoms with Crippen LogP contribution in [0.3, 0.4) is 0 Å². The van der Waals surface area contributed by atoms with Gasteiger partial charge in [-0.1, -0.05) is 36.4 Å². The molecule has 0 unspecified atom stereocenters. The molecule has 2 aromatic carbocycles. The summed E-state index contributed by atoms with van der Waals surface area (Å²) < 4.78 is 33.7. The lowest BCUT2D eigenvalue weighted by Gasteiger charge is -2.12. The SMILES string of the molecule is Cc1ccc(S(=O)(=O)Nc2ncc(Br)nc2OCc2ccccc2)cc1[N+](=O)[O-]. The molecule has 3 aromatic rings. The van der Waals surface area contributed by atoms with Crippen LogP contribution in [0.2, 0.25) is 0 Å². The van der Waals surface area contributed by atoms with Gasteiger partial charge in [-0.05, 0) is 34.5 Å². The minimum atomic E-state index is -4.16. The van der Waals surface area contributed by atoms with Gasteiger partial charge in [0.15, 0.2) is 0 Å². The second-order valence-corrected chi connectivity index (χ2v) is 8.43. The predicted molar refractivity (Wildman–Crippen MR) is 109 cm³/mol. The van der Waals surface area contributed by atoms with Gasteiger partial charge in [0.1, 0.15) is 11.2 Å². The second kappa shape index (κ2) is 8.53. The number of rotatable bonds is 7. The van der Waals surface area contributed by atoms with Gasteiger partial charge in [0.25, 0.3) is 21.6 Å². The highest BCUT2D eigenvalue weighted by Crippen LogP contribution is 2.27. The van der Waals surface area contributed by atoms with E-state index in [9.17, 15) is 18.5 Å². The number of aryl methyl sites for hydroxylation is 1. The van der Waals surface area contributed by atoms with E-state index < -0.39 is 14.9 Å². The molecular formula is C18H15BrN4O5S. The highest BCUT2D eigenvalue weighted by molar-refractivity contribution is 9.10. The third-order valence-corrected chi connectivity index (χ3v) is 5.57. The first kappa shape index (κ1) is 20.7. The third-order valence-electron chi connectivity index (χ3n) is 3.85. The summed E-state index contributed by atoms with van der Waals surface area (Å²) in [5, 5.41) is 11.1. The van der Waals surface area contributed by atoms with Crippen molar-refractivity contribution in [3.8, 4) is 5.88 Å². The molecule has 0 bridgehead atoms. The molecule has 0 atom stereocenters. The highest BCUT2D eigenvalue weighted by Gasteiger charge is 2.22. The number of nitrogens with one attached hydrogen (secondary N) is 1. The Morgan fingerprint density at radius 2 is 1.93 bits per heavy atom. The van der Waals surface area contributed by atoms with Crippen molar-refractivity contribution in [1.82, 2.24) is 9.97 Å². The van der Waals surface area contributed by atoms with Crippen molar-refractivity contribution in [2.24, 2.45) is 0 Å². The van der Waals surface area contributed by atoms with E-state index >= 15 is 0 Å². The van der Waals surface area contributed by atoms with Crippen LogP contribution in [-0.2, 0) is 16.6 Å². The van der Waals surface area contributed by atoms with Crippen LogP contribution in [0.1, 0.15) is 11.1 Å². The molecule has 1 aromatic heterocycles. The smallest absolute Gasteiger partial charge is 0.273 e. The van der Waals surface area contributed by atoms with Gasteiger partial charge in [0.05, 0.1) is 16.0 Å². The monoisotopic (exact) mass is 478 g/mol. The number of nitrogens with zero attached hydrogens (tertiary/aromatic N) is 3. The van der Waals surface area contributed by atoms with Crippen molar-refractivity contribution in [3.05, 3.63) is 80.6 Å². The second-order valence-electron chi connectivity index (χ2n) is 5.93. The van der Waals surface area contributed by atoms with E-state index in [1.807, 2.05) is 30.3 Å². The van der Waals surface area contributed by atoms with Crippen molar-refractivity contribution in [3.63, 3.8) is 0 Å². The number of nitro benzene ring substituents is 1. The Bertz CT molecular complexity index is 1160. The number of anilines is 1. The standard InChI is InChI=1S/C18H15BrN4O5S/c1-12-7-8-14(9-15(12)23(24)25)29(26,27)22-17-18(21-16(19)10-20-17)28-11-13-5-3-2-4-6-13/h2-10H,11H2,1H3,(H,20,22). The Morgan fingerprint density at radius 3 is 2.62 bits per heavy atom. The average Bonchev–Trinajstić information content (AvgIpc) is 2.68. The lowest BCUT2D eigenvalue weighted by Crippen LogP contribution is -2.16. The molecule has 29 heavy (non-hydrogen) atoms. The normalized spacial score (nSPS) is 11.1. The summed E-state index contributed by atoms with van der Waals surface area (Å²) in [6.45, 7) is 1.67.